The summed E-state index contributed by atoms with van der Waals surface area (Å²) in [5, 5.41) is 1.18. The SMILES string of the molecule is COc1cc2nccc(Oc3ccc(C(=O)c4ccc(Cl)cc4)cc3)c2cc1C(N)=O. The van der Waals surface area contributed by atoms with Crippen LogP contribution >= 0.6 is 11.6 Å². The number of carbonyl (C=O) groups excluding carboxylic acids is 2. The van der Waals surface area contributed by atoms with Crippen LogP contribution in [0.5, 0.6) is 17.2 Å². The minimum absolute atomic E-state index is 0.115. The summed E-state index contributed by atoms with van der Waals surface area (Å²) >= 11 is 5.88. The van der Waals surface area contributed by atoms with Crippen LogP contribution in [0.1, 0.15) is 26.3 Å². The number of halogens is 1. The predicted molar refractivity (Wildman–Crippen MR) is 118 cm³/mol. The van der Waals surface area contributed by atoms with Gasteiger partial charge in [-0.05, 0) is 60.7 Å². The molecule has 0 saturated heterocycles. The number of nitrogens with two attached hydrogens (primary N) is 1. The van der Waals surface area contributed by atoms with Crippen LogP contribution in [0, 0.1) is 0 Å². The Kier molecular flexibility index (Phi) is 5.56. The number of primary amides is 1. The number of amides is 1. The zero-order valence-electron chi connectivity index (χ0n) is 16.5. The first kappa shape index (κ1) is 20.4. The second-order valence-electron chi connectivity index (χ2n) is 6.71. The number of hydrogen-bond acceptors (Lipinski definition) is 5. The molecule has 4 aromatic rings. The average molecular weight is 433 g/mol. The number of benzene rings is 3. The second kappa shape index (κ2) is 8.45. The van der Waals surface area contributed by atoms with Crippen LogP contribution in [0.2, 0.25) is 5.02 Å². The standard InChI is InChI=1S/C24H17ClN2O4/c1-30-22-13-20-18(12-19(22)24(26)29)21(10-11-27-20)31-17-8-4-15(5-9-17)23(28)14-2-6-16(25)7-3-14/h2-13H,1H3,(H2,26,29). The Balaban J connectivity index is 1.63. The van der Waals surface area contributed by atoms with Crippen molar-refractivity contribution >= 4 is 34.2 Å². The lowest BCUT2D eigenvalue weighted by molar-refractivity contribution is 0.0996. The van der Waals surface area contributed by atoms with Crippen molar-refractivity contribution in [3.63, 3.8) is 0 Å². The molecule has 31 heavy (non-hydrogen) atoms. The van der Waals surface area contributed by atoms with Crippen molar-refractivity contribution in [3.8, 4) is 17.2 Å². The maximum Gasteiger partial charge on any atom is 0.252 e. The third-order valence-electron chi connectivity index (χ3n) is 4.74. The Morgan fingerprint density at radius 2 is 1.55 bits per heavy atom. The summed E-state index contributed by atoms with van der Waals surface area (Å²) in [6, 6.07) is 18.4. The topological polar surface area (TPSA) is 91.5 Å². The summed E-state index contributed by atoms with van der Waals surface area (Å²) in [5.41, 5.74) is 7.36. The van der Waals surface area contributed by atoms with E-state index in [1.165, 1.54) is 7.11 Å². The molecule has 154 valence electrons. The molecule has 1 aromatic heterocycles. The quantitative estimate of drug-likeness (QED) is 0.432. The molecule has 0 aliphatic heterocycles. The monoisotopic (exact) mass is 432 g/mol. The molecule has 0 fully saturated rings. The molecule has 0 atom stereocenters. The van der Waals surface area contributed by atoms with Gasteiger partial charge in [-0.15, -0.1) is 0 Å². The van der Waals surface area contributed by atoms with Gasteiger partial charge in [0, 0.05) is 33.8 Å². The van der Waals surface area contributed by atoms with E-state index in [1.54, 1.807) is 72.9 Å². The van der Waals surface area contributed by atoms with Gasteiger partial charge in [-0.3, -0.25) is 14.6 Å². The molecule has 0 bridgehead atoms. The number of methoxy groups -OCH3 is 1. The van der Waals surface area contributed by atoms with Gasteiger partial charge in [0.2, 0.25) is 0 Å². The molecule has 0 radical (unpaired) electrons. The zero-order valence-corrected chi connectivity index (χ0v) is 17.2. The number of aromatic nitrogens is 1. The van der Waals surface area contributed by atoms with Gasteiger partial charge in [-0.2, -0.15) is 0 Å². The van der Waals surface area contributed by atoms with Gasteiger partial charge in [0.15, 0.2) is 5.78 Å². The maximum atomic E-state index is 12.6. The zero-order chi connectivity index (χ0) is 22.0. The van der Waals surface area contributed by atoms with Crippen LogP contribution in [0.4, 0.5) is 0 Å². The van der Waals surface area contributed by atoms with Crippen molar-refractivity contribution in [2.45, 2.75) is 0 Å². The maximum absolute atomic E-state index is 12.6. The van der Waals surface area contributed by atoms with Crippen molar-refractivity contribution in [3.05, 3.63) is 94.6 Å². The van der Waals surface area contributed by atoms with E-state index >= 15 is 0 Å². The number of ether oxygens (including phenoxy) is 2. The van der Waals surface area contributed by atoms with E-state index in [0.29, 0.717) is 44.3 Å². The van der Waals surface area contributed by atoms with Gasteiger partial charge in [-0.1, -0.05) is 11.6 Å². The number of hydrogen-bond donors (Lipinski definition) is 1. The summed E-state index contributed by atoms with van der Waals surface area (Å²) in [7, 11) is 1.46. The number of fused-ring (bicyclic) bond motifs is 1. The first-order chi connectivity index (χ1) is 15.0. The van der Waals surface area contributed by atoms with Gasteiger partial charge >= 0.3 is 0 Å². The molecule has 0 spiro atoms. The summed E-state index contributed by atoms with van der Waals surface area (Å²) in [5.74, 6) is 0.632. The third-order valence-corrected chi connectivity index (χ3v) is 4.99. The molecule has 0 aliphatic carbocycles. The fraction of sp³-hybridized carbons (Fsp3) is 0.0417. The van der Waals surface area contributed by atoms with Crippen molar-refractivity contribution in [2.75, 3.05) is 7.11 Å². The first-order valence-electron chi connectivity index (χ1n) is 9.31. The van der Waals surface area contributed by atoms with Gasteiger partial charge in [0.05, 0.1) is 18.2 Å². The Bertz CT molecular complexity index is 1290. The average Bonchev–Trinajstić information content (AvgIpc) is 2.79. The Labute approximate surface area is 183 Å². The normalized spacial score (nSPS) is 10.6. The molecule has 0 aliphatic rings. The lowest BCUT2D eigenvalue weighted by atomic mass is 10.0. The highest BCUT2D eigenvalue weighted by Crippen LogP contribution is 2.33. The van der Waals surface area contributed by atoms with Gasteiger partial charge in [0.1, 0.15) is 17.2 Å². The number of nitrogens with zero attached hydrogens (tertiary/aromatic N) is 1. The highest BCUT2D eigenvalue weighted by molar-refractivity contribution is 6.30. The van der Waals surface area contributed by atoms with Crippen molar-refractivity contribution in [1.29, 1.82) is 0 Å². The molecule has 1 heterocycles. The van der Waals surface area contributed by atoms with Crippen molar-refractivity contribution in [1.82, 2.24) is 4.98 Å². The summed E-state index contributed by atoms with van der Waals surface area (Å²) in [4.78, 5) is 28.7. The van der Waals surface area contributed by atoms with Crippen LogP contribution in [0.15, 0.2) is 72.9 Å². The molecule has 2 N–H and O–H groups in total. The van der Waals surface area contributed by atoms with Crippen molar-refractivity contribution in [2.24, 2.45) is 5.73 Å². The highest BCUT2D eigenvalue weighted by Gasteiger charge is 2.15. The number of carbonyl (C=O) groups is 2. The molecular formula is C24H17ClN2O4. The van der Waals surface area contributed by atoms with E-state index in [4.69, 9.17) is 26.8 Å². The Morgan fingerprint density at radius 3 is 2.16 bits per heavy atom. The molecule has 0 unspecified atom stereocenters. The third kappa shape index (κ3) is 4.20. The second-order valence-corrected chi connectivity index (χ2v) is 7.14. The van der Waals surface area contributed by atoms with Crippen LogP contribution in [0.25, 0.3) is 10.9 Å². The molecule has 6 nitrogen and oxygen atoms in total. The summed E-state index contributed by atoms with van der Waals surface area (Å²) in [6.07, 6.45) is 1.60. The Hall–Kier alpha value is -3.90. The van der Waals surface area contributed by atoms with E-state index in [1.807, 2.05) is 0 Å². The molecular weight excluding hydrogens is 416 g/mol. The molecule has 3 aromatic carbocycles. The fourth-order valence-corrected chi connectivity index (χ4v) is 3.29. The summed E-state index contributed by atoms with van der Waals surface area (Å²) < 4.78 is 11.2. The fourth-order valence-electron chi connectivity index (χ4n) is 3.17. The van der Waals surface area contributed by atoms with Crippen LogP contribution < -0.4 is 15.2 Å². The van der Waals surface area contributed by atoms with E-state index in [-0.39, 0.29) is 11.3 Å². The van der Waals surface area contributed by atoms with E-state index in [0.717, 1.165) is 0 Å². The van der Waals surface area contributed by atoms with Gasteiger partial charge < -0.3 is 15.2 Å². The molecule has 4 rings (SSSR count). The van der Waals surface area contributed by atoms with E-state index in [9.17, 15) is 9.59 Å². The molecule has 0 saturated carbocycles. The van der Waals surface area contributed by atoms with Gasteiger partial charge in [0.25, 0.3) is 5.91 Å². The van der Waals surface area contributed by atoms with Gasteiger partial charge in [-0.25, -0.2) is 0 Å². The smallest absolute Gasteiger partial charge is 0.252 e. The Morgan fingerprint density at radius 1 is 0.903 bits per heavy atom. The van der Waals surface area contributed by atoms with Crippen LogP contribution in [-0.2, 0) is 0 Å². The lowest BCUT2D eigenvalue weighted by Gasteiger charge is -2.12. The minimum Gasteiger partial charge on any atom is -0.496 e. The minimum atomic E-state index is -0.612. The molecule has 1 amide bonds. The highest BCUT2D eigenvalue weighted by atomic mass is 35.5. The summed E-state index contributed by atoms with van der Waals surface area (Å²) in [6.45, 7) is 0. The van der Waals surface area contributed by atoms with E-state index < -0.39 is 5.91 Å². The molecule has 7 heteroatoms. The number of pyridine rings is 1. The predicted octanol–water partition coefficient (Wildman–Crippen LogP) is 5.02. The number of rotatable bonds is 6. The van der Waals surface area contributed by atoms with Crippen LogP contribution in [-0.4, -0.2) is 23.8 Å². The van der Waals surface area contributed by atoms with Crippen molar-refractivity contribution < 1.29 is 19.1 Å². The first-order valence-corrected chi connectivity index (χ1v) is 9.69. The lowest BCUT2D eigenvalue weighted by Crippen LogP contribution is -2.12. The van der Waals surface area contributed by atoms with Crippen LogP contribution in [0.3, 0.4) is 0 Å². The van der Waals surface area contributed by atoms with E-state index in [2.05, 4.69) is 4.98 Å². The number of ketones is 1. The largest absolute Gasteiger partial charge is 0.496 e.